The molecule has 2 aromatic rings. The first-order valence-corrected chi connectivity index (χ1v) is 7.55. The summed E-state index contributed by atoms with van der Waals surface area (Å²) in [5, 5.41) is 21.9. The van der Waals surface area contributed by atoms with Crippen LogP contribution in [0.15, 0.2) is 42.0 Å². The van der Waals surface area contributed by atoms with Crippen molar-refractivity contribution in [2.45, 2.75) is 0 Å². The van der Waals surface area contributed by atoms with Crippen molar-refractivity contribution < 1.29 is 24.1 Å². The summed E-state index contributed by atoms with van der Waals surface area (Å²) in [5.74, 6) is 0.0503. The molecule has 0 saturated carbocycles. The van der Waals surface area contributed by atoms with E-state index in [2.05, 4.69) is 5.32 Å². The monoisotopic (exact) mass is 354 g/mol. The lowest BCUT2D eigenvalue weighted by atomic mass is 10.1. The van der Waals surface area contributed by atoms with E-state index >= 15 is 0 Å². The van der Waals surface area contributed by atoms with Gasteiger partial charge in [-0.15, -0.1) is 0 Å². The summed E-state index contributed by atoms with van der Waals surface area (Å²) < 4.78 is 15.3. The Balaban J connectivity index is 2.36. The molecule has 0 aliphatic heterocycles. The lowest BCUT2D eigenvalue weighted by Gasteiger charge is -2.11. The Morgan fingerprint density at radius 3 is 2.19 bits per heavy atom. The van der Waals surface area contributed by atoms with Crippen LogP contribution in [0.5, 0.6) is 23.0 Å². The first kappa shape index (κ1) is 18.7. The van der Waals surface area contributed by atoms with Crippen molar-refractivity contribution in [1.82, 2.24) is 0 Å². The molecular formula is C19H18N2O5. The van der Waals surface area contributed by atoms with Gasteiger partial charge in [-0.1, -0.05) is 12.1 Å². The summed E-state index contributed by atoms with van der Waals surface area (Å²) in [4.78, 5) is 12.4. The van der Waals surface area contributed by atoms with Crippen LogP contribution in [0.1, 0.15) is 5.56 Å². The Hall–Kier alpha value is -3.66. The fourth-order valence-corrected chi connectivity index (χ4v) is 2.25. The van der Waals surface area contributed by atoms with Crippen molar-refractivity contribution in [3.8, 4) is 29.1 Å². The van der Waals surface area contributed by atoms with E-state index in [0.29, 0.717) is 17.0 Å². The van der Waals surface area contributed by atoms with Gasteiger partial charge in [-0.25, -0.2) is 0 Å². The van der Waals surface area contributed by atoms with E-state index < -0.39 is 5.91 Å². The minimum Gasteiger partial charge on any atom is -0.502 e. The van der Waals surface area contributed by atoms with Gasteiger partial charge in [-0.2, -0.15) is 5.26 Å². The number of carbonyl (C=O) groups excluding carboxylic acids is 1. The Morgan fingerprint density at radius 2 is 1.65 bits per heavy atom. The third kappa shape index (κ3) is 4.05. The molecule has 2 N–H and O–H groups in total. The second kappa shape index (κ2) is 8.44. The molecule has 0 unspecified atom stereocenters. The minimum atomic E-state index is -0.594. The molecule has 0 aliphatic rings. The number of anilines is 1. The first-order valence-electron chi connectivity index (χ1n) is 7.55. The van der Waals surface area contributed by atoms with E-state index in [4.69, 9.17) is 14.2 Å². The number of phenolic OH excluding ortho intramolecular Hbond substituents is 1. The normalized spacial score (nSPS) is 10.6. The molecular weight excluding hydrogens is 336 g/mol. The molecule has 7 heteroatoms. The Morgan fingerprint density at radius 1 is 1.08 bits per heavy atom. The number of hydrogen-bond donors (Lipinski definition) is 2. The van der Waals surface area contributed by atoms with Crippen LogP contribution in [0, 0.1) is 11.3 Å². The molecule has 0 heterocycles. The maximum atomic E-state index is 12.4. The number of carbonyl (C=O) groups is 1. The van der Waals surface area contributed by atoms with E-state index in [9.17, 15) is 15.2 Å². The van der Waals surface area contributed by atoms with Gasteiger partial charge in [0, 0.05) is 0 Å². The fourth-order valence-electron chi connectivity index (χ4n) is 2.25. The molecule has 1 amide bonds. The highest BCUT2D eigenvalue weighted by atomic mass is 16.5. The van der Waals surface area contributed by atoms with Gasteiger partial charge in [0.1, 0.15) is 17.4 Å². The average Bonchev–Trinajstić information content (AvgIpc) is 2.67. The Labute approximate surface area is 151 Å². The number of nitriles is 1. The average molecular weight is 354 g/mol. The fraction of sp³-hybridized carbons (Fsp3) is 0.158. The number of phenols is 1. The van der Waals surface area contributed by atoms with Crippen LogP contribution in [-0.2, 0) is 4.79 Å². The summed E-state index contributed by atoms with van der Waals surface area (Å²) in [6.07, 6.45) is 1.37. The number of aromatic hydroxyl groups is 1. The summed E-state index contributed by atoms with van der Waals surface area (Å²) in [7, 11) is 4.27. The smallest absolute Gasteiger partial charge is 0.266 e. The molecule has 0 bridgehead atoms. The van der Waals surface area contributed by atoms with Crippen LogP contribution >= 0.6 is 0 Å². The van der Waals surface area contributed by atoms with Crippen LogP contribution in [0.2, 0.25) is 0 Å². The highest BCUT2D eigenvalue weighted by molar-refractivity contribution is 6.10. The molecule has 7 nitrogen and oxygen atoms in total. The number of nitrogens with zero attached hydrogens (tertiary/aromatic N) is 1. The van der Waals surface area contributed by atoms with Crippen molar-refractivity contribution >= 4 is 17.7 Å². The SMILES string of the molecule is COc1ccccc1NC(=O)/C(C#N)=C/c1cc(OC)c(O)c(OC)c1. The van der Waals surface area contributed by atoms with Crippen LogP contribution in [0.4, 0.5) is 5.69 Å². The molecule has 2 aromatic carbocycles. The number of nitrogens with one attached hydrogen (secondary N) is 1. The second-order valence-electron chi connectivity index (χ2n) is 5.10. The quantitative estimate of drug-likeness (QED) is 0.611. The number of methoxy groups -OCH3 is 3. The summed E-state index contributed by atoms with van der Waals surface area (Å²) in [6.45, 7) is 0. The van der Waals surface area contributed by atoms with E-state index in [1.807, 2.05) is 6.07 Å². The van der Waals surface area contributed by atoms with Gasteiger partial charge < -0.3 is 24.6 Å². The molecule has 134 valence electrons. The zero-order valence-electron chi connectivity index (χ0n) is 14.6. The van der Waals surface area contributed by atoms with Gasteiger partial charge in [-0.3, -0.25) is 4.79 Å². The van der Waals surface area contributed by atoms with Gasteiger partial charge in [0.05, 0.1) is 27.0 Å². The molecule has 0 fully saturated rings. The maximum Gasteiger partial charge on any atom is 0.266 e. The highest BCUT2D eigenvalue weighted by Crippen LogP contribution is 2.37. The van der Waals surface area contributed by atoms with E-state index in [0.717, 1.165) is 0 Å². The van der Waals surface area contributed by atoms with E-state index in [1.165, 1.54) is 39.5 Å². The number of amides is 1. The van der Waals surface area contributed by atoms with Crippen molar-refractivity contribution in [3.05, 3.63) is 47.5 Å². The standard InChI is InChI=1S/C19H18N2O5/c1-24-15-7-5-4-6-14(15)21-19(23)13(11-20)8-12-9-16(25-2)18(22)17(10-12)26-3/h4-10,22H,1-3H3,(H,21,23)/b13-8+. The third-order valence-electron chi connectivity index (χ3n) is 3.53. The zero-order chi connectivity index (χ0) is 19.1. The van der Waals surface area contributed by atoms with Crippen LogP contribution < -0.4 is 19.5 Å². The van der Waals surface area contributed by atoms with Crippen molar-refractivity contribution in [1.29, 1.82) is 5.26 Å². The highest BCUT2D eigenvalue weighted by Gasteiger charge is 2.15. The number of hydrogen-bond acceptors (Lipinski definition) is 6. The lowest BCUT2D eigenvalue weighted by Crippen LogP contribution is -2.14. The van der Waals surface area contributed by atoms with Crippen molar-refractivity contribution in [2.24, 2.45) is 0 Å². The van der Waals surface area contributed by atoms with Crippen LogP contribution in [-0.4, -0.2) is 32.3 Å². The zero-order valence-corrected chi connectivity index (χ0v) is 14.6. The van der Waals surface area contributed by atoms with Gasteiger partial charge in [0.15, 0.2) is 11.5 Å². The Bertz CT molecular complexity index is 859. The first-order chi connectivity index (χ1) is 12.5. The van der Waals surface area contributed by atoms with E-state index in [1.54, 1.807) is 24.3 Å². The molecule has 0 aliphatic carbocycles. The van der Waals surface area contributed by atoms with Gasteiger partial charge >= 0.3 is 0 Å². The Kier molecular flexibility index (Phi) is 6.06. The predicted octanol–water partition coefficient (Wildman–Crippen LogP) is 2.96. The van der Waals surface area contributed by atoms with E-state index in [-0.39, 0.29) is 22.8 Å². The molecule has 2 rings (SSSR count). The largest absolute Gasteiger partial charge is 0.502 e. The minimum absolute atomic E-state index is 0.134. The molecule has 0 atom stereocenters. The summed E-state index contributed by atoms with van der Waals surface area (Å²) in [6, 6.07) is 11.7. The number of rotatable bonds is 6. The summed E-state index contributed by atoms with van der Waals surface area (Å²) >= 11 is 0. The summed E-state index contributed by atoms with van der Waals surface area (Å²) in [5.41, 5.74) is 0.774. The number of ether oxygens (including phenoxy) is 3. The molecule has 26 heavy (non-hydrogen) atoms. The molecule has 0 saturated heterocycles. The molecule has 0 aromatic heterocycles. The number of benzene rings is 2. The van der Waals surface area contributed by atoms with Gasteiger partial charge in [0.2, 0.25) is 5.75 Å². The van der Waals surface area contributed by atoms with Gasteiger partial charge in [0.25, 0.3) is 5.91 Å². The third-order valence-corrected chi connectivity index (χ3v) is 3.53. The second-order valence-corrected chi connectivity index (χ2v) is 5.10. The lowest BCUT2D eigenvalue weighted by molar-refractivity contribution is -0.112. The number of para-hydroxylation sites is 2. The van der Waals surface area contributed by atoms with Crippen molar-refractivity contribution in [2.75, 3.05) is 26.6 Å². The van der Waals surface area contributed by atoms with Crippen LogP contribution in [0.25, 0.3) is 6.08 Å². The molecule has 0 spiro atoms. The van der Waals surface area contributed by atoms with Crippen LogP contribution in [0.3, 0.4) is 0 Å². The van der Waals surface area contributed by atoms with Gasteiger partial charge in [-0.05, 0) is 35.9 Å². The maximum absolute atomic E-state index is 12.4. The molecule has 0 radical (unpaired) electrons. The topological polar surface area (TPSA) is 101 Å². The van der Waals surface area contributed by atoms with Crippen molar-refractivity contribution in [3.63, 3.8) is 0 Å². The predicted molar refractivity (Wildman–Crippen MR) is 96.4 cm³/mol.